The SMILES string of the molecule is O=C(Cl)C1(C(F)F)CC1. The molecule has 0 saturated heterocycles. The highest BCUT2D eigenvalue weighted by Crippen LogP contribution is 2.52. The maximum absolute atomic E-state index is 11.8. The molecule has 9 heavy (non-hydrogen) atoms. The molecule has 52 valence electrons. The van der Waals surface area contributed by atoms with Crippen LogP contribution in [-0.2, 0) is 4.79 Å². The van der Waals surface area contributed by atoms with Gasteiger partial charge < -0.3 is 0 Å². The number of halogens is 3. The highest BCUT2D eigenvalue weighted by molar-refractivity contribution is 6.65. The predicted molar refractivity (Wildman–Crippen MR) is 28.5 cm³/mol. The minimum Gasteiger partial charge on any atom is -0.280 e. The summed E-state index contributed by atoms with van der Waals surface area (Å²) >= 11 is 4.91. The van der Waals surface area contributed by atoms with Crippen molar-refractivity contribution >= 4 is 16.8 Å². The average molecular weight is 155 g/mol. The van der Waals surface area contributed by atoms with Crippen LogP contribution in [0.25, 0.3) is 0 Å². The Bertz CT molecular complexity index is 142. The monoisotopic (exact) mass is 154 g/mol. The van der Waals surface area contributed by atoms with E-state index in [1.807, 2.05) is 0 Å². The molecule has 1 rings (SSSR count). The van der Waals surface area contributed by atoms with Crippen LogP contribution in [0, 0.1) is 5.41 Å². The molecule has 0 bridgehead atoms. The summed E-state index contributed by atoms with van der Waals surface area (Å²) in [5, 5.41) is -0.891. The second-order valence-corrected chi connectivity index (χ2v) is 2.57. The van der Waals surface area contributed by atoms with Crippen LogP contribution in [0.5, 0.6) is 0 Å². The fourth-order valence-corrected chi connectivity index (χ4v) is 0.907. The van der Waals surface area contributed by atoms with E-state index in [1.54, 1.807) is 0 Å². The molecule has 0 heterocycles. The van der Waals surface area contributed by atoms with E-state index in [2.05, 4.69) is 0 Å². The van der Waals surface area contributed by atoms with Crippen molar-refractivity contribution in [3.63, 3.8) is 0 Å². The largest absolute Gasteiger partial charge is 0.280 e. The molecule has 0 N–H and O–H groups in total. The lowest BCUT2D eigenvalue weighted by Gasteiger charge is -2.05. The van der Waals surface area contributed by atoms with Crippen LogP contribution in [0.1, 0.15) is 12.8 Å². The van der Waals surface area contributed by atoms with Crippen molar-refractivity contribution in [2.75, 3.05) is 0 Å². The Morgan fingerprint density at radius 1 is 1.56 bits per heavy atom. The van der Waals surface area contributed by atoms with Crippen molar-refractivity contribution in [2.24, 2.45) is 5.41 Å². The second kappa shape index (κ2) is 1.90. The Labute approximate surface area is 56.0 Å². The first-order valence-electron chi connectivity index (χ1n) is 2.58. The van der Waals surface area contributed by atoms with Crippen molar-refractivity contribution in [1.82, 2.24) is 0 Å². The van der Waals surface area contributed by atoms with Gasteiger partial charge in [0.25, 0.3) is 6.43 Å². The summed E-state index contributed by atoms with van der Waals surface area (Å²) in [5.74, 6) is 0. The van der Waals surface area contributed by atoms with Gasteiger partial charge in [-0.2, -0.15) is 0 Å². The molecule has 0 radical (unpaired) electrons. The Balaban J connectivity index is 2.63. The minimum atomic E-state index is -2.58. The molecule has 0 unspecified atom stereocenters. The summed E-state index contributed by atoms with van der Waals surface area (Å²) in [6.07, 6.45) is -2.09. The maximum Gasteiger partial charge on any atom is 0.252 e. The van der Waals surface area contributed by atoms with Crippen LogP contribution in [0.4, 0.5) is 8.78 Å². The highest BCUT2D eigenvalue weighted by atomic mass is 35.5. The summed E-state index contributed by atoms with van der Waals surface area (Å²) in [6, 6.07) is 0. The summed E-state index contributed by atoms with van der Waals surface area (Å²) in [5.41, 5.74) is -1.46. The molecule has 0 atom stereocenters. The molecule has 0 spiro atoms. The summed E-state index contributed by atoms with van der Waals surface area (Å²) in [6.45, 7) is 0. The Hall–Kier alpha value is -0.180. The molecule has 4 heteroatoms. The standard InChI is InChI=1S/C5H5ClF2O/c6-3(9)5(1-2-5)4(7)8/h4H,1-2H2. The average Bonchev–Trinajstić information content (AvgIpc) is 2.40. The molecular weight excluding hydrogens is 150 g/mol. The van der Waals surface area contributed by atoms with E-state index < -0.39 is 17.1 Å². The topological polar surface area (TPSA) is 17.1 Å². The predicted octanol–water partition coefficient (Wildman–Crippen LogP) is 1.80. The van der Waals surface area contributed by atoms with E-state index >= 15 is 0 Å². The van der Waals surface area contributed by atoms with E-state index in [9.17, 15) is 13.6 Å². The van der Waals surface area contributed by atoms with Crippen LogP contribution in [0.15, 0.2) is 0 Å². The van der Waals surface area contributed by atoms with Gasteiger partial charge in [0, 0.05) is 0 Å². The molecule has 0 aromatic heterocycles. The molecule has 1 aliphatic carbocycles. The normalized spacial score (nSPS) is 22.2. The number of alkyl halides is 2. The molecule has 0 amide bonds. The van der Waals surface area contributed by atoms with E-state index in [0.29, 0.717) is 0 Å². The van der Waals surface area contributed by atoms with Crippen LogP contribution in [0.2, 0.25) is 0 Å². The quantitative estimate of drug-likeness (QED) is 0.555. The lowest BCUT2D eigenvalue weighted by molar-refractivity contribution is -0.121. The van der Waals surface area contributed by atoms with E-state index in [-0.39, 0.29) is 12.8 Å². The molecule has 1 aliphatic rings. The lowest BCUT2D eigenvalue weighted by Crippen LogP contribution is -2.18. The third-order valence-corrected chi connectivity index (χ3v) is 1.97. The highest BCUT2D eigenvalue weighted by Gasteiger charge is 2.56. The zero-order valence-corrected chi connectivity index (χ0v) is 5.29. The van der Waals surface area contributed by atoms with Crippen LogP contribution in [0.3, 0.4) is 0 Å². The van der Waals surface area contributed by atoms with Crippen molar-refractivity contribution in [2.45, 2.75) is 19.3 Å². The van der Waals surface area contributed by atoms with Crippen LogP contribution >= 0.6 is 11.6 Å². The molecular formula is C5H5ClF2O. The van der Waals surface area contributed by atoms with Gasteiger partial charge in [0.05, 0.1) is 0 Å². The summed E-state index contributed by atoms with van der Waals surface area (Å²) in [4.78, 5) is 10.3. The van der Waals surface area contributed by atoms with Crippen LogP contribution in [-0.4, -0.2) is 11.7 Å². The minimum absolute atomic E-state index is 0.243. The van der Waals surface area contributed by atoms with Gasteiger partial charge >= 0.3 is 0 Å². The number of rotatable bonds is 2. The molecule has 0 aromatic rings. The first-order chi connectivity index (χ1) is 4.09. The first-order valence-corrected chi connectivity index (χ1v) is 2.95. The fourth-order valence-electron chi connectivity index (χ4n) is 0.635. The van der Waals surface area contributed by atoms with Gasteiger partial charge in [0.2, 0.25) is 5.24 Å². The molecule has 1 fully saturated rings. The third kappa shape index (κ3) is 0.936. The second-order valence-electron chi connectivity index (χ2n) is 2.23. The number of carbonyl (C=O) groups is 1. The van der Waals surface area contributed by atoms with Crippen molar-refractivity contribution in [3.05, 3.63) is 0 Å². The van der Waals surface area contributed by atoms with Gasteiger partial charge in [0.1, 0.15) is 5.41 Å². The zero-order chi connectivity index (χ0) is 7.07. The Morgan fingerprint density at radius 2 is 2.00 bits per heavy atom. The smallest absolute Gasteiger partial charge is 0.252 e. The number of carbonyl (C=O) groups excluding carboxylic acids is 1. The van der Waals surface area contributed by atoms with Crippen molar-refractivity contribution in [3.8, 4) is 0 Å². The summed E-state index contributed by atoms with van der Waals surface area (Å²) < 4.78 is 23.6. The van der Waals surface area contributed by atoms with Gasteiger partial charge in [0.15, 0.2) is 0 Å². The number of hydrogen-bond donors (Lipinski definition) is 0. The van der Waals surface area contributed by atoms with Gasteiger partial charge in [-0.3, -0.25) is 4.79 Å². The van der Waals surface area contributed by atoms with Crippen LogP contribution < -0.4 is 0 Å². The zero-order valence-electron chi connectivity index (χ0n) is 4.53. The van der Waals surface area contributed by atoms with Gasteiger partial charge in [-0.15, -0.1) is 0 Å². The molecule has 1 nitrogen and oxygen atoms in total. The molecule has 1 saturated carbocycles. The van der Waals surface area contributed by atoms with E-state index in [1.165, 1.54) is 0 Å². The van der Waals surface area contributed by atoms with Gasteiger partial charge in [-0.25, -0.2) is 8.78 Å². The third-order valence-electron chi connectivity index (χ3n) is 1.60. The first kappa shape index (κ1) is 6.93. The summed E-state index contributed by atoms with van der Waals surface area (Å²) in [7, 11) is 0. The van der Waals surface area contributed by atoms with Gasteiger partial charge in [-0.05, 0) is 24.4 Å². The van der Waals surface area contributed by atoms with Crippen molar-refractivity contribution in [1.29, 1.82) is 0 Å². The van der Waals surface area contributed by atoms with E-state index in [0.717, 1.165) is 0 Å². The molecule has 0 aromatic carbocycles. The lowest BCUT2D eigenvalue weighted by atomic mass is 10.1. The Morgan fingerprint density at radius 3 is 2.00 bits per heavy atom. The van der Waals surface area contributed by atoms with Gasteiger partial charge in [-0.1, -0.05) is 0 Å². The molecule has 0 aliphatic heterocycles. The Kier molecular flexibility index (Phi) is 1.47. The fraction of sp³-hybridized carbons (Fsp3) is 0.800. The van der Waals surface area contributed by atoms with E-state index in [4.69, 9.17) is 11.6 Å². The van der Waals surface area contributed by atoms with Crippen molar-refractivity contribution < 1.29 is 13.6 Å². The maximum atomic E-state index is 11.8. The number of hydrogen-bond acceptors (Lipinski definition) is 1.